The minimum Gasteiger partial charge on any atom is -0.379 e. The Bertz CT molecular complexity index is 702. The van der Waals surface area contributed by atoms with Crippen LogP contribution in [0, 0.1) is 5.92 Å². The van der Waals surface area contributed by atoms with E-state index in [1.165, 1.54) is 12.4 Å². The van der Waals surface area contributed by atoms with Crippen molar-refractivity contribution in [1.29, 1.82) is 0 Å². The quantitative estimate of drug-likeness (QED) is 0.659. The molecule has 0 radical (unpaired) electrons. The molecule has 2 N–H and O–H groups in total. The molecular weight excluding hydrogens is 324 g/mol. The minimum absolute atomic E-state index is 0.00557. The van der Waals surface area contributed by atoms with Gasteiger partial charge in [0.05, 0.1) is 32.3 Å². The van der Waals surface area contributed by atoms with Gasteiger partial charge >= 0.3 is 0 Å². The first-order valence-corrected chi connectivity index (χ1v) is 9.06. The van der Waals surface area contributed by atoms with Gasteiger partial charge in [-0.25, -0.2) is 18.1 Å². The Morgan fingerprint density at radius 3 is 3.04 bits per heavy atom. The number of nitrogens with zero attached hydrogens (tertiary/aromatic N) is 2. The number of nitrogens with one attached hydrogen (secondary N) is 2. The van der Waals surface area contributed by atoms with Crippen molar-refractivity contribution >= 4 is 15.9 Å². The topological polar surface area (TPSA) is 121 Å². The van der Waals surface area contributed by atoms with Crippen LogP contribution in [0.15, 0.2) is 17.2 Å². The Labute approximate surface area is 134 Å². The van der Waals surface area contributed by atoms with E-state index in [2.05, 4.69) is 14.7 Å². The lowest BCUT2D eigenvalue weighted by Crippen LogP contribution is -2.42. The molecule has 1 fully saturated rings. The van der Waals surface area contributed by atoms with E-state index < -0.39 is 10.0 Å². The summed E-state index contributed by atoms with van der Waals surface area (Å²) in [6.07, 6.45) is 2.86. The van der Waals surface area contributed by atoms with E-state index in [0.29, 0.717) is 38.4 Å². The first-order valence-electron chi connectivity index (χ1n) is 7.17. The summed E-state index contributed by atoms with van der Waals surface area (Å²) >= 11 is 0. The Hall–Kier alpha value is -1.78. The van der Waals surface area contributed by atoms with E-state index in [1.54, 1.807) is 4.90 Å². The molecule has 0 saturated carbocycles. The zero-order chi connectivity index (χ0) is 16.9. The summed E-state index contributed by atoms with van der Waals surface area (Å²) in [6.45, 7) is 1.42. The highest BCUT2D eigenvalue weighted by molar-refractivity contribution is 7.88. The number of aromatic nitrogens is 2. The third kappa shape index (κ3) is 6.08. The molecular formula is C13H20N4O5S. The third-order valence-electron chi connectivity index (χ3n) is 3.41. The highest BCUT2D eigenvalue weighted by Crippen LogP contribution is 2.12. The summed E-state index contributed by atoms with van der Waals surface area (Å²) < 4.78 is 29.8. The highest BCUT2D eigenvalue weighted by Gasteiger charge is 2.23. The maximum atomic E-state index is 12.1. The SMILES string of the molecule is CS(=O)(=O)NCC(=O)N1CCOCC(Cc2cc(=O)[nH]cn2)C1. The van der Waals surface area contributed by atoms with Crippen molar-refractivity contribution in [2.75, 3.05) is 39.1 Å². The lowest BCUT2D eigenvalue weighted by molar-refractivity contribution is -0.130. The summed E-state index contributed by atoms with van der Waals surface area (Å²) in [5.41, 5.74) is 0.403. The first kappa shape index (κ1) is 17.6. The molecule has 1 saturated heterocycles. The average Bonchev–Trinajstić information content (AvgIpc) is 2.70. The van der Waals surface area contributed by atoms with Gasteiger partial charge in [0, 0.05) is 30.8 Å². The van der Waals surface area contributed by atoms with Crippen molar-refractivity contribution in [2.24, 2.45) is 5.92 Å². The maximum Gasteiger partial charge on any atom is 0.250 e. The van der Waals surface area contributed by atoms with Gasteiger partial charge in [0.25, 0.3) is 5.56 Å². The number of hydrogen-bond donors (Lipinski definition) is 2. The number of aromatic amines is 1. The number of carbonyl (C=O) groups is 1. The van der Waals surface area contributed by atoms with Crippen molar-refractivity contribution in [2.45, 2.75) is 6.42 Å². The van der Waals surface area contributed by atoms with Crippen LogP contribution >= 0.6 is 0 Å². The molecule has 1 aliphatic rings. The zero-order valence-corrected chi connectivity index (χ0v) is 13.6. The molecule has 1 unspecified atom stereocenters. The van der Waals surface area contributed by atoms with Gasteiger partial charge in [-0.3, -0.25) is 9.59 Å². The summed E-state index contributed by atoms with van der Waals surface area (Å²) in [7, 11) is -3.41. The fourth-order valence-corrected chi connectivity index (χ4v) is 2.74. The second-order valence-electron chi connectivity index (χ2n) is 5.48. The molecule has 1 amide bonds. The van der Waals surface area contributed by atoms with Gasteiger partial charge in [0.2, 0.25) is 15.9 Å². The lowest BCUT2D eigenvalue weighted by Gasteiger charge is -2.23. The van der Waals surface area contributed by atoms with Gasteiger partial charge in [-0.1, -0.05) is 0 Å². The minimum atomic E-state index is -3.41. The van der Waals surface area contributed by atoms with Gasteiger partial charge in [0.1, 0.15) is 0 Å². The Morgan fingerprint density at radius 2 is 2.35 bits per heavy atom. The van der Waals surface area contributed by atoms with E-state index in [-0.39, 0.29) is 23.9 Å². The van der Waals surface area contributed by atoms with E-state index in [1.807, 2.05) is 0 Å². The maximum absolute atomic E-state index is 12.1. The second kappa shape index (κ2) is 7.66. The van der Waals surface area contributed by atoms with Crippen LogP contribution in [0.3, 0.4) is 0 Å². The fraction of sp³-hybridized carbons (Fsp3) is 0.615. The van der Waals surface area contributed by atoms with Crippen molar-refractivity contribution in [1.82, 2.24) is 19.6 Å². The standard InChI is InChI=1S/C13H20N4O5S/c1-23(20,21)16-6-13(19)17-2-3-22-8-10(7-17)4-11-5-12(18)15-9-14-11/h5,9-10,16H,2-4,6-8H2,1H3,(H,14,15,18). The Balaban J connectivity index is 1.97. The largest absolute Gasteiger partial charge is 0.379 e. The summed E-state index contributed by atoms with van der Waals surface area (Å²) in [5.74, 6) is -0.307. The first-order chi connectivity index (χ1) is 10.8. The molecule has 0 aromatic carbocycles. The second-order valence-corrected chi connectivity index (χ2v) is 7.31. The molecule has 1 aromatic heterocycles. The van der Waals surface area contributed by atoms with Crippen LogP contribution in [0.5, 0.6) is 0 Å². The molecule has 128 valence electrons. The van der Waals surface area contributed by atoms with Crippen LogP contribution in [0.1, 0.15) is 5.69 Å². The Morgan fingerprint density at radius 1 is 1.57 bits per heavy atom. The molecule has 0 spiro atoms. The van der Waals surface area contributed by atoms with E-state index in [9.17, 15) is 18.0 Å². The van der Waals surface area contributed by atoms with Gasteiger partial charge in [-0.2, -0.15) is 0 Å². The van der Waals surface area contributed by atoms with Gasteiger partial charge < -0.3 is 14.6 Å². The number of hydrogen-bond acceptors (Lipinski definition) is 6. The molecule has 2 heterocycles. The predicted molar refractivity (Wildman–Crippen MR) is 82.3 cm³/mol. The van der Waals surface area contributed by atoms with Crippen LogP contribution in [-0.4, -0.2) is 68.3 Å². The zero-order valence-electron chi connectivity index (χ0n) is 12.8. The molecule has 10 heteroatoms. The summed E-state index contributed by atoms with van der Waals surface area (Å²) in [4.78, 5) is 31.5. The number of rotatable bonds is 5. The van der Waals surface area contributed by atoms with E-state index in [0.717, 1.165) is 6.26 Å². The van der Waals surface area contributed by atoms with Gasteiger partial charge in [-0.15, -0.1) is 0 Å². The van der Waals surface area contributed by atoms with Crippen molar-refractivity contribution in [3.05, 3.63) is 28.4 Å². The number of H-pyrrole nitrogens is 1. The third-order valence-corrected chi connectivity index (χ3v) is 4.08. The van der Waals surface area contributed by atoms with Crippen molar-refractivity contribution < 1.29 is 17.9 Å². The molecule has 9 nitrogen and oxygen atoms in total. The molecule has 1 atom stereocenters. The van der Waals surface area contributed by atoms with Gasteiger partial charge in [-0.05, 0) is 6.42 Å². The molecule has 1 aromatic rings. The smallest absolute Gasteiger partial charge is 0.250 e. The average molecular weight is 344 g/mol. The van der Waals surface area contributed by atoms with Gasteiger partial charge in [0.15, 0.2) is 0 Å². The van der Waals surface area contributed by atoms with Crippen molar-refractivity contribution in [3.63, 3.8) is 0 Å². The number of carbonyl (C=O) groups excluding carboxylic acids is 1. The summed E-state index contributed by atoms with van der Waals surface area (Å²) in [6, 6.07) is 1.42. The summed E-state index contributed by atoms with van der Waals surface area (Å²) in [5, 5.41) is 0. The molecule has 0 bridgehead atoms. The molecule has 0 aliphatic carbocycles. The monoisotopic (exact) mass is 344 g/mol. The normalized spacial score (nSPS) is 19.3. The molecule has 23 heavy (non-hydrogen) atoms. The lowest BCUT2D eigenvalue weighted by atomic mass is 10.0. The van der Waals surface area contributed by atoms with Crippen LogP contribution in [0.25, 0.3) is 0 Å². The van der Waals surface area contributed by atoms with E-state index >= 15 is 0 Å². The van der Waals surface area contributed by atoms with Crippen LogP contribution in [-0.2, 0) is 26.0 Å². The highest BCUT2D eigenvalue weighted by atomic mass is 32.2. The number of amides is 1. The fourth-order valence-electron chi connectivity index (χ4n) is 2.35. The van der Waals surface area contributed by atoms with Crippen LogP contribution in [0.4, 0.5) is 0 Å². The molecule has 2 rings (SSSR count). The van der Waals surface area contributed by atoms with E-state index in [4.69, 9.17) is 4.74 Å². The van der Waals surface area contributed by atoms with Crippen LogP contribution < -0.4 is 10.3 Å². The number of sulfonamides is 1. The number of ether oxygens (including phenoxy) is 1. The molecule has 1 aliphatic heterocycles. The van der Waals surface area contributed by atoms with Crippen molar-refractivity contribution in [3.8, 4) is 0 Å². The Kier molecular flexibility index (Phi) is 5.85. The van der Waals surface area contributed by atoms with Crippen LogP contribution in [0.2, 0.25) is 0 Å². The predicted octanol–water partition coefficient (Wildman–Crippen LogP) is -1.66.